The third kappa shape index (κ3) is 4.55. The molecule has 8 heteroatoms. The van der Waals surface area contributed by atoms with E-state index in [2.05, 4.69) is 4.98 Å². The number of aryl methyl sites for hydroxylation is 1. The van der Waals surface area contributed by atoms with Crippen molar-refractivity contribution in [1.82, 2.24) is 4.98 Å². The molecule has 0 saturated carbocycles. The van der Waals surface area contributed by atoms with Crippen LogP contribution in [-0.4, -0.2) is 33.9 Å². The molecule has 1 amide bonds. The minimum atomic E-state index is -0.961. The van der Waals surface area contributed by atoms with Gasteiger partial charge in [0.2, 0.25) is 0 Å². The molecule has 4 rings (SSSR count). The topological polar surface area (TPSA) is 96.8 Å². The van der Waals surface area contributed by atoms with Gasteiger partial charge in [-0.15, -0.1) is 0 Å². The van der Waals surface area contributed by atoms with E-state index in [0.29, 0.717) is 16.8 Å². The Balaban J connectivity index is 1.83. The summed E-state index contributed by atoms with van der Waals surface area (Å²) in [5.41, 5.74) is 1.56. The lowest BCUT2D eigenvalue weighted by Gasteiger charge is -2.25. The van der Waals surface area contributed by atoms with Gasteiger partial charge in [-0.3, -0.25) is 19.5 Å². The molecular formula is C27H23FN2O5. The number of anilines is 1. The Hall–Kier alpha value is -4.33. The molecular weight excluding hydrogens is 451 g/mol. The lowest BCUT2D eigenvalue weighted by atomic mass is 9.95. The summed E-state index contributed by atoms with van der Waals surface area (Å²) in [6, 6.07) is 12.4. The fraction of sp³-hybridized carbons (Fsp3) is 0.185. The van der Waals surface area contributed by atoms with Crippen molar-refractivity contribution in [3.63, 3.8) is 0 Å². The quantitative estimate of drug-likeness (QED) is 0.249. The predicted molar refractivity (Wildman–Crippen MR) is 127 cm³/mol. The maximum absolute atomic E-state index is 13.8. The van der Waals surface area contributed by atoms with E-state index in [0.717, 1.165) is 0 Å². The molecule has 1 atom stereocenters. The molecule has 0 bridgehead atoms. The molecule has 1 N–H and O–H groups in total. The van der Waals surface area contributed by atoms with E-state index in [9.17, 15) is 23.9 Å². The Morgan fingerprint density at radius 1 is 1.03 bits per heavy atom. The summed E-state index contributed by atoms with van der Waals surface area (Å²) in [5, 5.41) is 11.1. The lowest BCUT2D eigenvalue weighted by molar-refractivity contribution is -0.132. The smallest absolute Gasteiger partial charge is 0.338 e. The molecule has 1 fully saturated rings. The van der Waals surface area contributed by atoms with Crippen molar-refractivity contribution >= 4 is 29.1 Å². The summed E-state index contributed by atoms with van der Waals surface area (Å²) < 4.78 is 19.0. The van der Waals surface area contributed by atoms with E-state index in [1.165, 1.54) is 66.7 Å². The highest BCUT2D eigenvalue weighted by Crippen LogP contribution is 2.42. The van der Waals surface area contributed by atoms with Gasteiger partial charge >= 0.3 is 5.97 Å². The second kappa shape index (κ2) is 9.50. The fourth-order valence-electron chi connectivity index (χ4n) is 3.95. The Labute approximate surface area is 201 Å². The van der Waals surface area contributed by atoms with Crippen LogP contribution in [0.2, 0.25) is 0 Å². The fourth-order valence-corrected chi connectivity index (χ4v) is 3.95. The first-order chi connectivity index (χ1) is 16.7. The number of nitrogens with zero attached hydrogens (tertiary/aromatic N) is 2. The molecule has 2 aromatic carbocycles. The molecule has 178 valence electrons. The van der Waals surface area contributed by atoms with Gasteiger partial charge in [-0.25, -0.2) is 9.18 Å². The molecule has 0 spiro atoms. The van der Waals surface area contributed by atoms with Crippen LogP contribution in [0.3, 0.4) is 0 Å². The molecule has 3 aromatic rings. The van der Waals surface area contributed by atoms with E-state index in [-0.39, 0.29) is 22.8 Å². The largest absolute Gasteiger partial charge is 0.507 e. The zero-order valence-corrected chi connectivity index (χ0v) is 19.4. The highest BCUT2D eigenvalue weighted by Gasteiger charge is 2.47. The number of rotatable bonds is 5. The van der Waals surface area contributed by atoms with Crippen LogP contribution in [0.5, 0.6) is 0 Å². The number of carbonyl (C=O) groups is 3. The second-order valence-corrected chi connectivity index (χ2v) is 8.41. The van der Waals surface area contributed by atoms with Crippen LogP contribution in [0, 0.1) is 12.7 Å². The Bertz CT molecular complexity index is 1330. The van der Waals surface area contributed by atoms with Gasteiger partial charge in [-0.1, -0.05) is 0 Å². The zero-order valence-electron chi connectivity index (χ0n) is 19.4. The van der Waals surface area contributed by atoms with Crippen molar-refractivity contribution in [2.75, 3.05) is 4.90 Å². The number of hydrogen-bond donors (Lipinski definition) is 1. The highest BCUT2D eigenvalue weighted by atomic mass is 19.1. The first-order valence-corrected chi connectivity index (χ1v) is 11.0. The van der Waals surface area contributed by atoms with Gasteiger partial charge in [0, 0.05) is 23.6 Å². The van der Waals surface area contributed by atoms with Gasteiger partial charge in [0.05, 0.1) is 23.3 Å². The van der Waals surface area contributed by atoms with Crippen molar-refractivity contribution in [3.8, 4) is 0 Å². The zero-order chi connectivity index (χ0) is 25.3. The number of hydrogen-bond acceptors (Lipinski definition) is 6. The number of pyridine rings is 1. The molecule has 0 radical (unpaired) electrons. The van der Waals surface area contributed by atoms with E-state index in [1.807, 2.05) is 0 Å². The van der Waals surface area contributed by atoms with Gasteiger partial charge in [0.15, 0.2) is 0 Å². The summed E-state index contributed by atoms with van der Waals surface area (Å²) in [6.07, 6.45) is 2.74. The number of halogens is 1. The molecule has 1 unspecified atom stereocenters. The van der Waals surface area contributed by atoms with Crippen LogP contribution in [0.4, 0.5) is 10.1 Å². The van der Waals surface area contributed by atoms with Crippen molar-refractivity contribution in [3.05, 3.63) is 101 Å². The van der Waals surface area contributed by atoms with Gasteiger partial charge in [0.1, 0.15) is 11.6 Å². The van der Waals surface area contributed by atoms with E-state index in [1.54, 1.807) is 26.0 Å². The number of carbonyl (C=O) groups excluding carboxylic acids is 3. The first-order valence-electron chi connectivity index (χ1n) is 11.0. The van der Waals surface area contributed by atoms with Gasteiger partial charge < -0.3 is 9.84 Å². The number of amides is 1. The summed E-state index contributed by atoms with van der Waals surface area (Å²) in [7, 11) is 0. The molecule has 1 aliphatic heterocycles. The third-order valence-corrected chi connectivity index (χ3v) is 5.62. The summed E-state index contributed by atoms with van der Waals surface area (Å²) in [4.78, 5) is 43.8. The maximum Gasteiger partial charge on any atom is 0.338 e. The van der Waals surface area contributed by atoms with Crippen LogP contribution in [0.1, 0.15) is 46.9 Å². The number of ether oxygens (including phenoxy) is 1. The van der Waals surface area contributed by atoms with Crippen LogP contribution >= 0.6 is 0 Å². The maximum atomic E-state index is 13.8. The first kappa shape index (κ1) is 23.8. The third-order valence-electron chi connectivity index (χ3n) is 5.62. The molecule has 0 aliphatic carbocycles. The number of ketones is 1. The van der Waals surface area contributed by atoms with Gasteiger partial charge in [-0.05, 0) is 86.5 Å². The van der Waals surface area contributed by atoms with Crippen LogP contribution in [0.25, 0.3) is 5.76 Å². The van der Waals surface area contributed by atoms with Crippen LogP contribution in [-0.2, 0) is 14.3 Å². The molecule has 1 saturated heterocycles. The Morgan fingerprint density at radius 2 is 1.66 bits per heavy atom. The number of benzene rings is 2. The molecule has 1 aromatic heterocycles. The summed E-state index contributed by atoms with van der Waals surface area (Å²) in [5.74, 6) is -3.10. The SMILES string of the molecule is Cc1cc(/C(O)=C2/C(=O)C(=O)N(c3ccc(C(=O)OC(C)C)cc3)C2c2ccncc2)ccc1F. The summed E-state index contributed by atoms with van der Waals surface area (Å²) >= 11 is 0. The molecule has 35 heavy (non-hydrogen) atoms. The highest BCUT2D eigenvalue weighted by molar-refractivity contribution is 6.51. The van der Waals surface area contributed by atoms with Gasteiger partial charge in [-0.2, -0.15) is 0 Å². The minimum absolute atomic E-state index is 0.129. The molecule has 1 aliphatic rings. The molecule has 2 heterocycles. The van der Waals surface area contributed by atoms with Gasteiger partial charge in [0.25, 0.3) is 11.7 Å². The average Bonchev–Trinajstić information content (AvgIpc) is 3.11. The monoisotopic (exact) mass is 474 g/mol. The normalized spacial score (nSPS) is 17.2. The van der Waals surface area contributed by atoms with E-state index < -0.39 is 35.3 Å². The van der Waals surface area contributed by atoms with Crippen LogP contribution < -0.4 is 4.90 Å². The van der Waals surface area contributed by atoms with Crippen molar-refractivity contribution in [2.24, 2.45) is 0 Å². The molecule has 7 nitrogen and oxygen atoms in total. The van der Waals surface area contributed by atoms with Crippen molar-refractivity contribution < 1.29 is 28.6 Å². The van der Waals surface area contributed by atoms with Crippen molar-refractivity contribution in [1.29, 1.82) is 0 Å². The number of esters is 1. The number of Topliss-reactive ketones (excluding diaryl/α,β-unsaturated/α-hetero) is 1. The summed E-state index contributed by atoms with van der Waals surface area (Å²) in [6.45, 7) is 5.02. The van der Waals surface area contributed by atoms with Crippen molar-refractivity contribution in [2.45, 2.75) is 32.9 Å². The number of aliphatic hydroxyl groups excluding tert-OH is 1. The average molecular weight is 474 g/mol. The van der Waals surface area contributed by atoms with E-state index in [4.69, 9.17) is 4.74 Å². The second-order valence-electron chi connectivity index (χ2n) is 8.41. The van der Waals surface area contributed by atoms with Crippen LogP contribution in [0.15, 0.2) is 72.6 Å². The Kier molecular flexibility index (Phi) is 6.46. The minimum Gasteiger partial charge on any atom is -0.507 e. The number of aliphatic hydroxyl groups is 1. The number of aromatic nitrogens is 1. The van der Waals surface area contributed by atoms with E-state index >= 15 is 0 Å². The standard InChI is InChI=1S/C27H23FN2O5/c1-15(2)35-27(34)18-4-7-20(8-5-18)30-23(17-10-12-29-13-11-17)22(25(32)26(30)33)24(31)19-6-9-21(28)16(3)14-19/h4-15,23,31H,1-3H3/b24-22-. The predicted octanol–water partition coefficient (Wildman–Crippen LogP) is 4.72. The Morgan fingerprint density at radius 3 is 2.26 bits per heavy atom. The lowest BCUT2D eigenvalue weighted by Crippen LogP contribution is -2.29.